The van der Waals surface area contributed by atoms with Crippen LogP contribution < -0.4 is 5.73 Å². The Balaban J connectivity index is 2.95. The van der Waals surface area contributed by atoms with Crippen molar-refractivity contribution in [2.75, 3.05) is 0 Å². The first-order chi connectivity index (χ1) is 8.04. The van der Waals surface area contributed by atoms with E-state index in [2.05, 4.69) is 15.9 Å². The molecule has 0 atom stereocenters. The SMILES string of the molecule is CC(C)(N)C(C)(C)C(=O)Cc1cc(F)cc(Br)c1. The van der Waals surface area contributed by atoms with Gasteiger partial charge in [-0.05, 0) is 37.6 Å². The number of ketones is 1. The van der Waals surface area contributed by atoms with Crippen molar-refractivity contribution in [3.8, 4) is 0 Å². The van der Waals surface area contributed by atoms with Gasteiger partial charge < -0.3 is 5.73 Å². The number of nitrogens with two attached hydrogens (primary N) is 1. The Bertz CT molecular complexity index is 443. The zero-order chi connectivity index (χ0) is 14.1. The van der Waals surface area contributed by atoms with E-state index in [9.17, 15) is 9.18 Å². The minimum Gasteiger partial charge on any atom is -0.325 e. The van der Waals surface area contributed by atoms with Crippen LogP contribution in [0.5, 0.6) is 0 Å². The van der Waals surface area contributed by atoms with Gasteiger partial charge in [-0.1, -0.05) is 29.8 Å². The van der Waals surface area contributed by atoms with E-state index in [1.807, 2.05) is 27.7 Å². The molecule has 0 aliphatic heterocycles. The summed E-state index contributed by atoms with van der Waals surface area (Å²) in [4.78, 5) is 12.3. The third-order valence-electron chi connectivity index (χ3n) is 3.59. The van der Waals surface area contributed by atoms with Crippen molar-refractivity contribution in [2.45, 2.75) is 39.7 Å². The van der Waals surface area contributed by atoms with Gasteiger partial charge in [-0.25, -0.2) is 4.39 Å². The molecule has 18 heavy (non-hydrogen) atoms. The molecule has 1 aromatic rings. The average molecular weight is 316 g/mol. The largest absolute Gasteiger partial charge is 0.325 e. The highest BCUT2D eigenvalue weighted by atomic mass is 79.9. The zero-order valence-corrected chi connectivity index (χ0v) is 12.8. The van der Waals surface area contributed by atoms with Gasteiger partial charge in [-0.2, -0.15) is 0 Å². The Labute approximate surface area is 116 Å². The number of hydrogen-bond donors (Lipinski definition) is 1. The lowest BCUT2D eigenvalue weighted by Crippen LogP contribution is -2.52. The summed E-state index contributed by atoms with van der Waals surface area (Å²) in [6.45, 7) is 7.30. The summed E-state index contributed by atoms with van der Waals surface area (Å²) >= 11 is 3.22. The number of halogens is 2. The molecule has 0 fully saturated rings. The molecule has 2 nitrogen and oxygen atoms in total. The standard InChI is InChI=1S/C14H19BrFNO/c1-13(2,14(3,4)17)12(18)7-9-5-10(15)8-11(16)6-9/h5-6,8H,7,17H2,1-4H3. The molecule has 2 N–H and O–H groups in total. The van der Waals surface area contributed by atoms with Crippen LogP contribution in [0.1, 0.15) is 33.3 Å². The molecule has 1 aromatic carbocycles. The lowest BCUT2D eigenvalue weighted by molar-refractivity contribution is -0.129. The summed E-state index contributed by atoms with van der Waals surface area (Å²) in [5, 5.41) is 0. The second kappa shape index (κ2) is 5.10. The van der Waals surface area contributed by atoms with Gasteiger partial charge in [-0.3, -0.25) is 4.79 Å². The van der Waals surface area contributed by atoms with Gasteiger partial charge in [0.15, 0.2) is 0 Å². The van der Waals surface area contributed by atoms with Crippen molar-refractivity contribution in [1.29, 1.82) is 0 Å². The second-order valence-corrected chi connectivity index (χ2v) is 6.64. The normalized spacial score (nSPS) is 12.6. The lowest BCUT2D eigenvalue weighted by Gasteiger charge is -2.37. The van der Waals surface area contributed by atoms with Gasteiger partial charge in [0, 0.05) is 21.8 Å². The van der Waals surface area contributed by atoms with E-state index < -0.39 is 11.0 Å². The summed E-state index contributed by atoms with van der Waals surface area (Å²) in [6.07, 6.45) is 0.185. The van der Waals surface area contributed by atoms with Crippen molar-refractivity contribution < 1.29 is 9.18 Å². The Morgan fingerprint density at radius 1 is 1.28 bits per heavy atom. The highest BCUT2D eigenvalue weighted by Crippen LogP contribution is 2.31. The van der Waals surface area contributed by atoms with Gasteiger partial charge in [0.25, 0.3) is 0 Å². The van der Waals surface area contributed by atoms with Crippen LogP contribution in [0, 0.1) is 11.2 Å². The maximum Gasteiger partial charge on any atom is 0.144 e. The van der Waals surface area contributed by atoms with E-state index in [4.69, 9.17) is 5.73 Å². The molecule has 0 heterocycles. The molecule has 0 bridgehead atoms. The van der Waals surface area contributed by atoms with Gasteiger partial charge in [0.05, 0.1) is 0 Å². The monoisotopic (exact) mass is 315 g/mol. The third kappa shape index (κ3) is 3.39. The van der Waals surface area contributed by atoms with Crippen LogP contribution >= 0.6 is 15.9 Å². The lowest BCUT2D eigenvalue weighted by atomic mass is 9.71. The van der Waals surface area contributed by atoms with E-state index >= 15 is 0 Å². The molecule has 1 rings (SSSR count). The predicted molar refractivity (Wildman–Crippen MR) is 74.9 cm³/mol. The zero-order valence-electron chi connectivity index (χ0n) is 11.2. The summed E-state index contributed by atoms with van der Waals surface area (Å²) < 4.78 is 13.9. The fourth-order valence-corrected chi connectivity index (χ4v) is 1.99. The van der Waals surface area contributed by atoms with Crippen LogP contribution in [-0.2, 0) is 11.2 Å². The summed E-state index contributed by atoms with van der Waals surface area (Å²) in [5.41, 5.74) is 5.40. The van der Waals surface area contributed by atoms with Crippen LogP contribution in [-0.4, -0.2) is 11.3 Å². The molecule has 0 aromatic heterocycles. The van der Waals surface area contributed by atoms with Crippen LogP contribution in [0.15, 0.2) is 22.7 Å². The van der Waals surface area contributed by atoms with Crippen molar-refractivity contribution >= 4 is 21.7 Å². The Kier molecular flexibility index (Phi) is 4.34. The number of Topliss-reactive ketones (excluding diaryl/α,β-unsaturated/α-hetero) is 1. The van der Waals surface area contributed by atoms with Gasteiger partial charge in [0.1, 0.15) is 11.6 Å². The maximum absolute atomic E-state index is 13.2. The van der Waals surface area contributed by atoms with E-state index in [-0.39, 0.29) is 18.0 Å². The van der Waals surface area contributed by atoms with Crippen LogP contribution in [0.4, 0.5) is 4.39 Å². The molecular weight excluding hydrogens is 297 g/mol. The first-order valence-electron chi connectivity index (χ1n) is 5.81. The minimum atomic E-state index is -0.661. The third-order valence-corrected chi connectivity index (χ3v) is 4.05. The maximum atomic E-state index is 13.2. The van der Waals surface area contributed by atoms with E-state index in [1.165, 1.54) is 12.1 Å². The average Bonchev–Trinajstić information content (AvgIpc) is 2.13. The summed E-state index contributed by atoms with van der Waals surface area (Å²) in [6, 6.07) is 4.49. The fraction of sp³-hybridized carbons (Fsp3) is 0.500. The molecule has 0 radical (unpaired) electrons. The molecule has 0 aliphatic carbocycles. The van der Waals surface area contributed by atoms with E-state index in [0.29, 0.717) is 10.0 Å². The van der Waals surface area contributed by atoms with Gasteiger partial charge in [-0.15, -0.1) is 0 Å². The molecule has 0 saturated heterocycles. The predicted octanol–water partition coefficient (Wildman–Crippen LogP) is 3.46. The van der Waals surface area contributed by atoms with Crippen LogP contribution in [0.2, 0.25) is 0 Å². The number of carbonyl (C=O) groups is 1. The fourth-order valence-electron chi connectivity index (χ4n) is 1.48. The summed E-state index contributed by atoms with van der Waals surface area (Å²) in [5.74, 6) is -0.343. The van der Waals surface area contributed by atoms with Crippen LogP contribution in [0.3, 0.4) is 0 Å². The Morgan fingerprint density at radius 2 is 1.83 bits per heavy atom. The van der Waals surface area contributed by atoms with E-state index in [1.54, 1.807) is 6.07 Å². The van der Waals surface area contributed by atoms with Crippen molar-refractivity contribution in [1.82, 2.24) is 0 Å². The molecular formula is C14H19BrFNO. The summed E-state index contributed by atoms with van der Waals surface area (Å²) in [7, 11) is 0. The molecule has 0 spiro atoms. The molecule has 0 saturated carbocycles. The number of hydrogen-bond acceptors (Lipinski definition) is 2. The first kappa shape index (κ1) is 15.3. The highest BCUT2D eigenvalue weighted by molar-refractivity contribution is 9.10. The van der Waals surface area contributed by atoms with Crippen molar-refractivity contribution in [3.63, 3.8) is 0 Å². The van der Waals surface area contributed by atoms with E-state index in [0.717, 1.165) is 0 Å². The molecule has 0 aliphatic rings. The molecule has 4 heteroatoms. The number of carbonyl (C=O) groups excluding carboxylic acids is 1. The molecule has 100 valence electrons. The minimum absolute atomic E-state index is 0.00694. The molecule has 0 amide bonds. The smallest absolute Gasteiger partial charge is 0.144 e. The van der Waals surface area contributed by atoms with Gasteiger partial charge in [0.2, 0.25) is 0 Å². The Morgan fingerprint density at radius 3 is 2.28 bits per heavy atom. The topological polar surface area (TPSA) is 43.1 Å². The van der Waals surface area contributed by atoms with Crippen molar-refractivity contribution in [3.05, 3.63) is 34.1 Å². The first-order valence-corrected chi connectivity index (χ1v) is 6.60. The quantitative estimate of drug-likeness (QED) is 0.924. The molecule has 0 unspecified atom stereocenters. The van der Waals surface area contributed by atoms with Crippen LogP contribution in [0.25, 0.3) is 0 Å². The highest BCUT2D eigenvalue weighted by Gasteiger charge is 2.39. The number of benzene rings is 1. The van der Waals surface area contributed by atoms with Crippen molar-refractivity contribution in [2.24, 2.45) is 11.1 Å². The Hall–Kier alpha value is -0.740. The number of rotatable bonds is 4. The van der Waals surface area contributed by atoms with Gasteiger partial charge >= 0.3 is 0 Å². The second-order valence-electron chi connectivity index (χ2n) is 5.72.